The highest BCUT2D eigenvalue weighted by Crippen LogP contribution is 2.31. The molecule has 1 aromatic rings. The zero-order valence-electron chi connectivity index (χ0n) is 9.08. The number of ether oxygens (including phenoxy) is 1. The van der Waals surface area contributed by atoms with Crippen LogP contribution in [0, 0.1) is 5.92 Å². The average Bonchev–Trinajstić information content (AvgIpc) is 2.66. The average molecular weight is 277 g/mol. The van der Waals surface area contributed by atoms with E-state index in [1.807, 2.05) is 30.0 Å². The summed E-state index contributed by atoms with van der Waals surface area (Å²) in [5, 5.41) is 1.24. The lowest BCUT2D eigenvalue weighted by Gasteiger charge is -2.09. The van der Waals surface area contributed by atoms with Gasteiger partial charge in [0.15, 0.2) is 0 Å². The molecule has 0 N–H and O–H groups in total. The molecule has 1 aromatic carbocycles. The van der Waals surface area contributed by atoms with Crippen molar-refractivity contribution in [3.8, 4) is 0 Å². The summed E-state index contributed by atoms with van der Waals surface area (Å²) in [7, 11) is 0. The first-order valence-corrected chi connectivity index (χ1v) is 7.13. The lowest BCUT2D eigenvalue weighted by atomic mass is 10.2. The van der Waals surface area contributed by atoms with Crippen molar-refractivity contribution >= 4 is 35.0 Å². The summed E-state index contributed by atoms with van der Waals surface area (Å²) >= 11 is 13.7. The van der Waals surface area contributed by atoms with Crippen molar-refractivity contribution in [1.82, 2.24) is 0 Å². The Balaban J connectivity index is 1.87. The van der Waals surface area contributed by atoms with Crippen LogP contribution in [0.1, 0.15) is 18.9 Å². The van der Waals surface area contributed by atoms with Crippen molar-refractivity contribution < 1.29 is 4.74 Å². The monoisotopic (exact) mass is 276 g/mol. The van der Waals surface area contributed by atoms with Crippen LogP contribution in [0.15, 0.2) is 18.2 Å². The van der Waals surface area contributed by atoms with Crippen molar-refractivity contribution in [2.24, 2.45) is 5.92 Å². The number of halogens is 2. The number of rotatable bonds is 3. The molecule has 1 nitrogen and oxygen atoms in total. The van der Waals surface area contributed by atoms with Gasteiger partial charge in [-0.25, -0.2) is 0 Å². The second kappa shape index (κ2) is 5.63. The topological polar surface area (TPSA) is 9.23 Å². The summed E-state index contributed by atoms with van der Waals surface area (Å²) in [4.78, 5) is 0. The Bertz CT molecular complexity index is 370. The van der Waals surface area contributed by atoms with Gasteiger partial charge in [0.2, 0.25) is 0 Å². The van der Waals surface area contributed by atoms with Crippen molar-refractivity contribution in [3.63, 3.8) is 0 Å². The second-order valence-corrected chi connectivity index (χ2v) is 6.13. The molecule has 16 heavy (non-hydrogen) atoms. The number of hydrogen-bond donors (Lipinski definition) is 0. The predicted molar refractivity (Wildman–Crippen MR) is 71.3 cm³/mol. The minimum absolute atomic E-state index is 0.337. The van der Waals surface area contributed by atoms with Gasteiger partial charge in [-0.15, -0.1) is 11.8 Å². The molecule has 1 aliphatic rings. The van der Waals surface area contributed by atoms with Crippen LogP contribution in [0.2, 0.25) is 10.0 Å². The molecule has 1 unspecified atom stereocenters. The first-order valence-electron chi connectivity index (χ1n) is 5.32. The van der Waals surface area contributed by atoms with Crippen LogP contribution in [0.5, 0.6) is 0 Å². The molecule has 0 saturated carbocycles. The summed E-state index contributed by atoms with van der Waals surface area (Å²) in [6.45, 7) is 3.11. The summed E-state index contributed by atoms with van der Waals surface area (Å²) in [5.74, 6) is 1.61. The van der Waals surface area contributed by atoms with E-state index in [1.165, 1.54) is 5.56 Å². The third-order valence-corrected chi connectivity index (χ3v) is 4.52. The predicted octanol–water partition coefficient (Wildman–Crippen LogP) is 4.61. The molecule has 0 amide bonds. The molecule has 0 spiro atoms. The first-order chi connectivity index (χ1) is 7.65. The molecule has 88 valence electrons. The van der Waals surface area contributed by atoms with Gasteiger partial charge in [-0.1, -0.05) is 36.2 Å². The van der Waals surface area contributed by atoms with Gasteiger partial charge in [0.25, 0.3) is 0 Å². The van der Waals surface area contributed by atoms with Gasteiger partial charge < -0.3 is 4.74 Å². The van der Waals surface area contributed by atoms with Crippen molar-refractivity contribution in [1.29, 1.82) is 0 Å². The Hall–Kier alpha value is 0.110. The van der Waals surface area contributed by atoms with E-state index in [0.717, 1.165) is 18.8 Å². The molecule has 1 heterocycles. The highest BCUT2D eigenvalue weighted by molar-refractivity contribution is 7.99. The van der Waals surface area contributed by atoms with Gasteiger partial charge in [0.05, 0.1) is 16.7 Å². The van der Waals surface area contributed by atoms with Gasteiger partial charge in [-0.3, -0.25) is 0 Å². The van der Waals surface area contributed by atoms with Gasteiger partial charge in [-0.2, -0.15) is 0 Å². The van der Waals surface area contributed by atoms with E-state index >= 15 is 0 Å². The smallest absolute Gasteiger partial charge is 0.103 e. The van der Waals surface area contributed by atoms with Crippen LogP contribution in [-0.2, 0) is 10.5 Å². The quantitative estimate of drug-likeness (QED) is 0.798. The maximum atomic E-state index is 5.96. The van der Waals surface area contributed by atoms with Crippen LogP contribution < -0.4 is 0 Å². The van der Waals surface area contributed by atoms with E-state index in [4.69, 9.17) is 27.9 Å². The van der Waals surface area contributed by atoms with E-state index in [-0.39, 0.29) is 0 Å². The fraction of sp³-hybridized carbons (Fsp3) is 0.500. The summed E-state index contributed by atoms with van der Waals surface area (Å²) in [6.07, 6.45) is 1.14. The summed E-state index contributed by atoms with van der Waals surface area (Å²) in [6, 6.07) is 5.78. The van der Waals surface area contributed by atoms with E-state index in [9.17, 15) is 0 Å². The molecular weight excluding hydrogens is 263 g/mol. The maximum Gasteiger partial charge on any atom is 0.103 e. The minimum atomic E-state index is 0.337. The summed E-state index contributed by atoms with van der Waals surface area (Å²) in [5.41, 5.74) is 1.53. The Morgan fingerprint density at radius 1 is 1.38 bits per heavy atom. The lowest BCUT2D eigenvalue weighted by Crippen LogP contribution is -1.99. The fourth-order valence-corrected chi connectivity index (χ4v) is 3.19. The summed E-state index contributed by atoms with van der Waals surface area (Å²) < 4.78 is 5.64. The van der Waals surface area contributed by atoms with Crippen molar-refractivity contribution in [3.05, 3.63) is 33.8 Å². The SMILES string of the molecule is C[C@H]1COC(SCc2ccc(Cl)c(Cl)c2)C1. The third-order valence-electron chi connectivity index (χ3n) is 2.58. The Labute approximate surface area is 110 Å². The molecule has 2 rings (SSSR count). The Morgan fingerprint density at radius 2 is 2.19 bits per heavy atom. The van der Waals surface area contributed by atoms with Crippen LogP contribution in [-0.4, -0.2) is 12.0 Å². The lowest BCUT2D eigenvalue weighted by molar-refractivity contribution is 0.166. The van der Waals surface area contributed by atoms with Crippen molar-refractivity contribution in [2.45, 2.75) is 24.5 Å². The minimum Gasteiger partial charge on any atom is -0.367 e. The van der Waals surface area contributed by atoms with E-state index < -0.39 is 0 Å². The van der Waals surface area contributed by atoms with Gasteiger partial charge >= 0.3 is 0 Å². The molecule has 0 aromatic heterocycles. The highest BCUT2D eigenvalue weighted by atomic mass is 35.5. The largest absolute Gasteiger partial charge is 0.367 e. The third kappa shape index (κ3) is 3.30. The van der Waals surface area contributed by atoms with Crippen LogP contribution >= 0.6 is 35.0 Å². The molecule has 0 radical (unpaired) electrons. The molecule has 2 atom stereocenters. The molecule has 1 saturated heterocycles. The molecule has 0 aliphatic carbocycles. The molecular formula is C12H14Cl2OS. The Kier molecular flexibility index (Phi) is 4.42. The zero-order valence-corrected chi connectivity index (χ0v) is 11.4. The van der Waals surface area contributed by atoms with E-state index in [0.29, 0.717) is 21.4 Å². The van der Waals surface area contributed by atoms with E-state index in [1.54, 1.807) is 0 Å². The molecule has 4 heteroatoms. The maximum absolute atomic E-state index is 5.96. The number of benzene rings is 1. The number of hydrogen-bond acceptors (Lipinski definition) is 2. The first kappa shape index (κ1) is 12.6. The molecule has 1 aliphatic heterocycles. The van der Waals surface area contributed by atoms with Gasteiger partial charge in [0.1, 0.15) is 5.44 Å². The van der Waals surface area contributed by atoms with Crippen LogP contribution in [0.25, 0.3) is 0 Å². The standard InChI is InChI=1S/C12H14Cl2OS/c1-8-4-12(15-6-8)16-7-9-2-3-10(13)11(14)5-9/h2-3,5,8,12H,4,6-7H2,1H3/t8-,12?/m1/s1. The molecule has 1 fully saturated rings. The highest BCUT2D eigenvalue weighted by Gasteiger charge is 2.22. The van der Waals surface area contributed by atoms with E-state index in [2.05, 4.69) is 6.92 Å². The van der Waals surface area contributed by atoms with Crippen LogP contribution in [0.3, 0.4) is 0 Å². The normalized spacial score (nSPS) is 24.9. The molecule has 0 bridgehead atoms. The number of thioether (sulfide) groups is 1. The van der Waals surface area contributed by atoms with Gasteiger partial charge in [-0.05, 0) is 30.0 Å². The van der Waals surface area contributed by atoms with Crippen LogP contribution in [0.4, 0.5) is 0 Å². The Morgan fingerprint density at radius 3 is 2.81 bits per heavy atom. The van der Waals surface area contributed by atoms with Crippen molar-refractivity contribution in [2.75, 3.05) is 6.61 Å². The zero-order chi connectivity index (χ0) is 11.5. The fourth-order valence-electron chi connectivity index (χ4n) is 1.67. The van der Waals surface area contributed by atoms with Gasteiger partial charge in [0, 0.05) is 5.75 Å². The second-order valence-electron chi connectivity index (χ2n) is 4.16.